The van der Waals surface area contributed by atoms with Crippen molar-refractivity contribution in [1.82, 2.24) is 15.5 Å². The van der Waals surface area contributed by atoms with Gasteiger partial charge in [-0.2, -0.15) is 0 Å². The fraction of sp³-hybridized carbons (Fsp3) is 0.900. The van der Waals surface area contributed by atoms with Gasteiger partial charge in [-0.25, -0.2) is 4.79 Å². The Bertz CT molecular complexity index is 213. The summed E-state index contributed by atoms with van der Waals surface area (Å²) < 4.78 is 0. The maximum Gasteiger partial charge on any atom is 0.317 e. The zero-order valence-corrected chi connectivity index (χ0v) is 8.75. The molecule has 2 rings (SSSR count). The summed E-state index contributed by atoms with van der Waals surface area (Å²) in [5, 5.41) is 6.38. The van der Waals surface area contributed by atoms with Gasteiger partial charge in [0.15, 0.2) is 0 Å². The second-order valence-electron chi connectivity index (χ2n) is 4.40. The van der Waals surface area contributed by atoms with Crippen molar-refractivity contribution in [3.8, 4) is 0 Å². The van der Waals surface area contributed by atoms with Gasteiger partial charge in [-0.15, -0.1) is 0 Å². The fourth-order valence-corrected chi connectivity index (χ4v) is 2.26. The highest BCUT2D eigenvalue weighted by Gasteiger charge is 2.27. The highest BCUT2D eigenvalue weighted by Crippen LogP contribution is 2.11. The topological polar surface area (TPSA) is 44.4 Å². The standard InChI is InChI=1S/C10H19N3O/c1-8-6-13(10(14)12-8)7-9-4-2-3-5-11-9/h8-9,11H,2-7H2,1H3,(H,12,14). The van der Waals surface area contributed by atoms with Gasteiger partial charge in [0, 0.05) is 25.2 Å². The van der Waals surface area contributed by atoms with E-state index in [2.05, 4.69) is 10.6 Å². The van der Waals surface area contributed by atoms with E-state index in [1.54, 1.807) is 0 Å². The summed E-state index contributed by atoms with van der Waals surface area (Å²) in [5.41, 5.74) is 0. The molecule has 2 heterocycles. The molecule has 0 aromatic heterocycles. The van der Waals surface area contributed by atoms with Gasteiger partial charge >= 0.3 is 6.03 Å². The number of hydrogen-bond acceptors (Lipinski definition) is 2. The van der Waals surface area contributed by atoms with Crippen LogP contribution in [0.15, 0.2) is 0 Å². The Morgan fingerprint density at radius 1 is 1.50 bits per heavy atom. The second-order valence-corrected chi connectivity index (χ2v) is 4.40. The number of carbonyl (C=O) groups is 1. The molecule has 4 heteroatoms. The van der Waals surface area contributed by atoms with Gasteiger partial charge in [-0.3, -0.25) is 0 Å². The van der Waals surface area contributed by atoms with Crippen LogP contribution in [0.4, 0.5) is 4.79 Å². The Kier molecular flexibility index (Phi) is 2.91. The second kappa shape index (κ2) is 4.17. The quantitative estimate of drug-likeness (QED) is 0.678. The molecule has 0 bridgehead atoms. The van der Waals surface area contributed by atoms with Gasteiger partial charge < -0.3 is 15.5 Å². The summed E-state index contributed by atoms with van der Waals surface area (Å²) in [4.78, 5) is 13.4. The number of amides is 2. The van der Waals surface area contributed by atoms with Crippen molar-refractivity contribution in [3.63, 3.8) is 0 Å². The van der Waals surface area contributed by atoms with Gasteiger partial charge in [-0.05, 0) is 26.3 Å². The Morgan fingerprint density at radius 3 is 2.93 bits per heavy atom. The molecule has 4 nitrogen and oxygen atoms in total. The first kappa shape index (κ1) is 9.77. The number of urea groups is 1. The highest BCUT2D eigenvalue weighted by atomic mass is 16.2. The number of nitrogens with zero attached hydrogens (tertiary/aromatic N) is 1. The number of carbonyl (C=O) groups excluding carboxylic acids is 1. The van der Waals surface area contributed by atoms with Crippen LogP contribution in [0.25, 0.3) is 0 Å². The zero-order valence-electron chi connectivity index (χ0n) is 8.75. The van der Waals surface area contributed by atoms with E-state index < -0.39 is 0 Å². The van der Waals surface area contributed by atoms with Gasteiger partial charge in [0.1, 0.15) is 0 Å². The van der Waals surface area contributed by atoms with Crippen LogP contribution in [0.5, 0.6) is 0 Å². The van der Waals surface area contributed by atoms with E-state index in [1.165, 1.54) is 19.3 Å². The lowest BCUT2D eigenvalue weighted by atomic mass is 10.0. The predicted octanol–water partition coefficient (Wildman–Crippen LogP) is 0.542. The molecule has 2 atom stereocenters. The third-order valence-electron chi connectivity index (χ3n) is 3.00. The van der Waals surface area contributed by atoms with Crippen molar-refractivity contribution in [2.45, 2.75) is 38.3 Å². The molecule has 2 N–H and O–H groups in total. The molecule has 2 amide bonds. The fourth-order valence-electron chi connectivity index (χ4n) is 2.26. The van der Waals surface area contributed by atoms with Crippen LogP contribution < -0.4 is 10.6 Å². The van der Waals surface area contributed by atoms with Gasteiger partial charge in [-0.1, -0.05) is 6.42 Å². The van der Waals surface area contributed by atoms with E-state index in [1.807, 2.05) is 11.8 Å². The lowest BCUT2D eigenvalue weighted by molar-refractivity contribution is 0.207. The molecule has 0 aliphatic carbocycles. The molecule has 14 heavy (non-hydrogen) atoms. The number of rotatable bonds is 2. The van der Waals surface area contributed by atoms with Crippen molar-refractivity contribution in [2.24, 2.45) is 0 Å². The maximum absolute atomic E-state index is 11.4. The molecule has 0 aromatic rings. The maximum atomic E-state index is 11.4. The normalized spacial score (nSPS) is 33.2. The van der Waals surface area contributed by atoms with Gasteiger partial charge in [0.2, 0.25) is 0 Å². The largest absolute Gasteiger partial charge is 0.334 e. The third kappa shape index (κ3) is 2.18. The van der Waals surface area contributed by atoms with Crippen LogP contribution in [0.3, 0.4) is 0 Å². The molecule has 2 fully saturated rings. The third-order valence-corrected chi connectivity index (χ3v) is 3.00. The Hall–Kier alpha value is -0.770. The molecule has 2 unspecified atom stereocenters. The van der Waals surface area contributed by atoms with E-state index in [4.69, 9.17) is 0 Å². The molecular formula is C10H19N3O. The van der Waals surface area contributed by atoms with Crippen LogP contribution in [0.1, 0.15) is 26.2 Å². The van der Waals surface area contributed by atoms with Crippen LogP contribution >= 0.6 is 0 Å². The minimum absolute atomic E-state index is 0.102. The van der Waals surface area contributed by atoms with Crippen LogP contribution in [-0.4, -0.2) is 42.6 Å². The monoisotopic (exact) mass is 197 g/mol. The molecule has 2 aliphatic rings. The lowest BCUT2D eigenvalue weighted by Gasteiger charge is -2.27. The first-order valence-electron chi connectivity index (χ1n) is 5.54. The molecule has 2 aliphatic heterocycles. The minimum atomic E-state index is 0.102. The first-order valence-corrected chi connectivity index (χ1v) is 5.54. The SMILES string of the molecule is CC1CN(CC2CCCCN2)C(=O)N1. The van der Waals surface area contributed by atoms with Gasteiger partial charge in [0.05, 0.1) is 0 Å². The Balaban J connectivity index is 1.81. The van der Waals surface area contributed by atoms with E-state index in [-0.39, 0.29) is 6.03 Å². The summed E-state index contributed by atoms with van der Waals surface area (Å²) in [6.45, 7) is 4.88. The first-order chi connectivity index (χ1) is 6.75. The predicted molar refractivity (Wildman–Crippen MR) is 55.2 cm³/mol. The van der Waals surface area contributed by atoms with E-state index >= 15 is 0 Å². The number of nitrogens with one attached hydrogen (secondary N) is 2. The smallest absolute Gasteiger partial charge is 0.317 e. The van der Waals surface area contributed by atoms with Crippen molar-refractivity contribution < 1.29 is 4.79 Å². The molecule has 0 radical (unpaired) electrons. The summed E-state index contributed by atoms with van der Waals surface area (Å²) in [6, 6.07) is 0.927. The highest BCUT2D eigenvalue weighted by molar-refractivity contribution is 5.76. The van der Waals surface area contributed by atoms with E-state index in [0.29, 0.717) is 12.1 Å². The van der Waals surface area contributed by atoms with Crippen LogP contribution in [0, 0.1) is 0 Å². The van der Waals surface area contributed by atoms with Crippen LogP contribution in [-0.2, 0) is 0 Å². The molecular weight excluding hydrogens is 178 g/mol. The molecule has 0 aromatic carbocycles. The number of piperidine rings is 1. The summed E-state index contributed by atoms with van der Waals surface area (Å²) in [7, 11) is 0. The van der Waals surface area contributed by atoms with E-state index in [0.717, 1.165) is 19.6 Å². The number of hydrogen-bond donors (Lipinski definition) is 2. The minimum Gasteiger partial charge on any atom is -0.334 e. The molecule has 80 valence electrons. The zero-order chi connectivity index (χ0) is 9.97. The average molecular weight is 197 g/mol. The molecule has 0 spiro atoms. The van der Waals surface area contributed by atoms with E-state index in [9.17, 15) is 4.79 Å². The Morgan fingerprint density at radius 2 is 2.36 bits per heavy atom. The summed E-state index contributed by atoms with van der Waals surface area (Å²) >= 11 is 0. The molecule has 0 saturated carbocycles. The average Bonchev–Trinajstić information content (AvgIpc) is 2.47. The van der Waals surface area contributed by atoms with Crippen molar-refractivity contribution in [2.75, 3.05) is 19.6 Å². The van der Waals surface area contributed by atoms with Crippen molar-refractivity contribution in [3.05, 3.63) is 0 Å². The van der Waals surface area contributed by atoms with Crippen molar-refractivity contribution in [1.29, 1.82) is 0 Å². The van der Waals surface area contributed by atoms with Gasteiger partial charge in [0.25, 0.3) is 0 Å². The Labute approximate surface area is 85.0 Å². The summed E-state index contributed by atoms with van der Waals surface area (Å²) in [5.74, 6) is 0. The lowest BCUT2D eigenvalue weighted by Crippen LogP contribution is -2.44. The van der Waals surface area contributed by atoms with Crippen LogP contribution in [0.2, 0.25) is 0 Å². The molecule has 2 saturated heterocycles. The van der Waals surface area contributed by atoms with Crippen molar-refractivity contribution >= 4 is 6.03 Å². The summed E-state index contributed by atoms with van der Waals surface area (Å²) in [6.07, 6.45) is 3.78.